The highest BCUT2D eigenvalue weighted by Crippen LogP contribution is 2.21. The van der Waals surface area contributed by atoms with Gasteiger partial charge in [-0.15, -0.1) is 0 Å². The van der Waals surface area contributed by atoms with Crippen molar-refractivity contribution in [1.82, 2.24) is 10.9 Å². The van der Waals surface area contributed by atoms with E-state index in [1.807, 2.05) is 0 Å². The minimum atomic E-state index is -3.95. The number of halogens is 1. The SMILES string of the molecule is COc1ccc(NS(=O)(=O)c2ccc(C)c(C(=O)NNC(=O)Cc3ccc(Cl)cc3)c2)cc1. The van der Waals surface area contributed by atoms with Crippen LogP contribution in [0.2, 0.25) is 5.02 Å². The van der Waals surface area contributed by atoms with Gasteiger partial charge in [-0.1, -0.05) is 29.8 Å². The van der Waals surface area contributed by atoms with Crippen LogP contribution in [0.15, 0.2) is 71.6 Å². The number of amides is 2. The molecule has 2 amide bonds. The molecule has 8 nitrogen and oxygen atoms in total. The third-order valence-electron chi connectivity index (χ3n) is 4.70. The third kappa shape index (κ3) is 6.47. The van der Waals surface area contributed by atoms with Crippen LogP contribution in [0.25, 0.3) is 0 Å². The molecule has 0 spiro atoms. The van der Waals surface area contributed by atoms with Crippen molar-refractivity contribution < 1.29 is 22.7 Å². The quantitative estimate of drug-likeness (QED) is 0.442. The zero-order chi connectivity index (χ0) is 24.0. The molecule has 0 aliphatic heterocycles. The second-order valence-electron chi connectivity index (χ2n) is 7.12. The number of carbonyl (C=O) groups is 2. The number of hydrazine groups is 1. The number of rotatable bonds is 7. The Morgan fingerprint density at radius 3 is 2.24 bits per heavy atom. The molecule has 0 heterocycles. The zero-order valence-electron chi connectivity index (χ0n) is 17.9. The van der Waals surface area contributed by atoms with Crippen molar-refractivity contribution in [3.05, 3.63) is 88.4 Å². The molecule has 0 atom stereocenters. The summed E-state index contributed by atoms with van der Waals surface area (Å²) in [6.45, 7) is 1.66. The molecule has 3 aromatic carbocycles. The topological polar surface area (TPSA) is 114 Å². The van der Waals surface area contributed by atoms with E-state index in [0.717, 1.165) is 5.56 Å². The second-order valence-corrected chi connectivity index (χ2v) is 9.24. The van der Waals surface area contributed by atoms with Crippen LogP contribution in [0.5, 0.6) is 5.75 Å². The first-order chi connectivity index (χ1) is 15.7. The lowest BCUT2D eigenvalue weighted by Crippen LogP contribution is -2.42. The van der Waals surface area contributed by atoms with Crippen LogP contribution >= 0.6 is 11.6 Å². The summed E-state index contributed by atoms with van der Waals surface area (Å²) in [7, 11) is -2.44. The molecule has 0 fully saturated rings. The molecule has 0 saturated carbocycles. The Morgan fingerprint density at radius 1 is 0.939 bits per heavy atom. The Bertz CT molecular complexity index is 1260. The van der Waals surface area contributed by atoms with Gasteiger partial charge in [-0.25, -0.2) is 8.42 Å². The molecule has 0 aliphatic carbocycles. The van der Waals surface area contributed by atoms with E-state index in [4.69, 9.17) is 16.3 Å². The lowest BCUT2D eigenvalue weighted by Gasteiger charge is -2.12. The molecule has 172 valence electrons. The first-order valence-electron chi connectivity index (χ1n) is 9.79. The number of carbonyl (C=O) groups excluding carboxylic acids is 2. The van der Waals surface area contributed by atoms with Gasteiger partial charge in [0.05, 0.1) is 18.4 Å². The average Bonchev–Trinajstić information content (AvgIpc) is 2.79. The largest absolute Gasteiger partial charge is 0.497 e. The molecule has 0 aromatic heterocycles. The first kappa shape index (κ1) is 24.1. The number of ether oxygens (including phenoxy) is 1. The molecule has 3 rings (SSSR count). The lowest BCUT2D eigenvalue weighted by molar-refractivity contribution is -0.121. The maximum absolute atomic E-state index is 12.8. The van der Waals surface area contributed by atoms with Gasteiger partial charge in [0, 0.05) is 16.3 Å². The van der Waals surface area contributed by atoms with Crippen molar-refractivity contribution in [1.29, 1.82) is 0 Å². The highest BCUT2D eigenvalue weighted by atomic mass is 35.5. The van der Waals surface area contributed by atoms with Gasteiger partial charge in [-0.3, -0.25) is 25.2 Å². The number of hydrogen-bond donors (Lipinski definition) is 3. The average molecular weight is 488 g/mol. The van der Waals surface area contributed by atoms with Gasteiger partial charge in [0.1, 0.15) is 5.75 Å². The monoisotopic (exact) mass is 487 g/mol. The van der Waals surface area contributed by atoms with Crippen LogP contribution in [-0.2, 0) is 21.2 Å². The Hall–Kier alpha value is -3.56. The summed E-state index contributed by atoms with van der Waals surface area (Å²) < 4.78 is 33.1. The van der Waals surface area contributed by atoms with Gasteiger partial charge in [-0.2, -0.15) is 0 Å². The number of methoxy groups -OCH3 is 1. The van der Waals surface area contributed by atoms with E-state index in [9.17, 15) is 18.0 Å². The fourth-order valence-corrected chi connectivity index (χ4v) is 4.12. The third-order valence-corrected chi connectivity index (χ3v) is 6.33. The Labute approximate surface area is 196 Å². The van der Waals surface area contributed by atoms with E-state index >= 15 is 0 Å². The maximum Gasteiger partial charge on any atom is 0.269 e. The van der Waals surface area contributed by atoms with E-state index in [1.165, 1.54) is 25.3 Å². The van der Waals surface area contributed by atoms with Gasteiger partial charge in [0.25, 0.3) is 15.9 Å². The van der Waals surface area contributed by atoms with Crippen molar-refractivity contribution in [3.8, 4) is 5.75 Å². The number of hydrogen-bond acceptors (Lipinski definition) is 5. The molecule has 3 aromatic rings. The second kappa shape index (κ2) is 10.4. The molecule has 0 bridgehead atoms. The number of anilines is 1. The minimum absolute atomic E-state index is 0.0383. The van der Waals surface area contributed by atoms with E-state index in [-0.39, 0.29) is 16.9 Å². The van der Waals surface area contributed by atoms with Gasteiger partial charge in [0.2, 0.25) is 5.91 Å². The summed E-state index contributed by atoms with van der Waals surface area (Å²) >= 11 is 5.83. The van der Waals surface area contributed by atoms with Crippen molar-refractivity contribution >= 4 is 39.1 Å². The summed E-state index contributed by atoms with van der Waals surface area (Å²) in [4.78, 5) is 24.6. The number of benzene rings is 3. The summed E-state index contributed by atoms with van der Waals surface area (Å²) in [5, 5.41) is 0.555. The molecular formula is C23H22ClN3O5S. The van der Waals surface area contributed by atoms with Crippen molar-refractivity contribution in [3.63, 3.8) is 0 Å². The normalized spacial score (nSPS) is 10.9. The Kier molecular flexibility index (Phi) is 7.57. The smallest absolute Gasteiger partial charge is 0.269 e. The summed E-state index contributed by atoms with van der Waals surface area (Å²) in [5.74, 6) is -0.489. The molecule has 0 radical (unpaired) electrons. The lowest BCUT2D eigenvalue weighted by atomic mass is 10.1. The highest BCUT2D eigenvalue weighted by Gasteiger charge is 2.19. The van der Waals surface area contributed by atoms with E-state index in [2.05, 4.69) is 15.6 Å². The van der Waals surface area contributed by atoms with E-state index in [0.29, 0.717) is 22.0 Å². The van der Waals surface area contributed by atoms with Gasteiger partial charge in [0.15, 0.2) is 0 Å². The molecule has 0 aliphatic rings. The van der Waals surface area contributed by atoms with E-state index in [1.54, 1.807) is 55.5 Å². The van der Waals surface area contributed by atoms with Crippen LogP contribution in [-0.4, -0.2) is 27.3 Å². The molecule has 10 heteroatoms. The van der Waals surface area contributed by atoms with Gasteiger partial charge >= 0.3 is 0 Å². The summed E-state index contributed by atoms with van der Waals surface area (Å²) in [5.41, 5.74) is 6.37. The van der Waals surface area contributed by atoms with Gasteiger partial charge in [-0.05, 0) is 66.6 Å². The molecule has 33 heavy (non-hydrogen) atoms. The Balaban J connectivity index is 1.68. The van der Waals surface area contributed by atoms with Crippen molar-refractivity contribution in [2.45, 2.75) is 18.2 Å². The molecular weight excluding hydrogens is 466 g/mol. The van der Waals surface area contributed by atoms with Crippen molar-refractivity contribution in [2.24, 2.45) is 0 Å². The minimum Gasteiger partial charge on any atom is -0.497 e. The van der Waals surface area contributed by atoms with Gasteiger partial charge < -0.3 is 4.74 Å². The number of sulfonamides is 1. The van der Waals surface area contributed by atoms with Crippen LogP contribution in [0, 0.1) is 6.92 Å². The fourth-order valence-electron chi connectivity index (χ4n) is 2.91. The molecule has 0 unspecified atom stereocenters. The highest BCUT2D eigenvalue weighted by molar-refractivity contribution is 7.92. The Morgan fingerprint density at radius 2 is 1.61 bits per heavy atom. The maximum atomic E-state index is 12.8. The van der Waals surface area contributed by atoms with Crippen LogP contribution in [0.3, 0.4) is 0 Å². The predicted octanol–water partition coefficient (Wildman–Crippen LogP) is 3.46. The summed E-state index contributed by atoms with van der Waals surface area (Å²) in [6, 6.07) is 17.3. The molecule has 3 N–H and O–H groups in total. The van der Waals surface area contributed by atoms with Crippen LogP contribution < -0.4 is 20.3 Å². The van der Waals surface area contributed by atoms with Crippen LogP contribution in [0.1, 0.15) is 21.5 Å². The van der Waals surface area contributed by atoms with E-state index < -0.39 is 21.8 Å². The van der Waals surface area contributed by atoms with Crippen LogP contribution in [0.4, 0.5) is 5.69 Å². The fraction of sp³-hybridized carbons (Fsp3) is 0.130. The summed E-state index contributed by atoms with van der Waals surface area (Å²) in [6.07, 6.45) is 0.0383. The standard InChI is InChI=1S/C23H22ClN3O5S/c1-15-3-12-20(33(30,31)27-18-8-10-19(32-2)11-9-18)14-21(15)23(29)26-25-22(28)13-16-4-6-17(24)7-5-16/h3-12,14,27H,13H2,1-2H3,(H,25,28)(H,26,29). The number of aryl methyl sites for hydroxylation is 1. The van der Waals surface area contributed by atoms with Crippen molar-refractivity contribution in [2.75, 3.05) is 11.8 Å². The first-order valence-corrected chi connectivity index (χ1v) is 11.7. The molecule has 0 saturated heterocycles. The predicted molar refractivity (Wildman–Crippen MR) is 126 cm³/mol. The number of nitrogens with one attached hydrogen (secondary N) is 3. The zero-order valence-corrected chi connectivity index (χ0v) is 19.5.